The van der Waals surface area contributed by atoms with Crippen molar-refractivity contribution < 1.29 is 4.79 Å². The molecule has 3 fully saturated rings. The summed E-state index contributed by atoms with van der Waals surface area (Å²) in [5, 5.41) is 6.10. The Morgan fingerprint density at radius 2 is 1.84 bits per heavy atom. The fourth-order valence-electron chi connectivity index (χ4n) is 5.36. The van der Waals surface area contributed by atoms with E-state index in [2.05, 4.69) is 35.4 Å². The van der Waals surface area contributed by atoms with E-state index in [1.54, 1.807) is 24.7 Å². The number of likely N-dealkylation sites (tertiary alicyclic amines) is 1. The van der Waals surface area contributed by atoms with Crippen molar-refractivity contribution in [3.63, 3.8) is 0 Å². The van der Waals surface area contributed by atoms with Gasteiger partial charge in [0.1, 0.15) is 11.5 Å². The van der Waals surface area contributed by atoms with Gasteiger partial charge in [0.25, 0.3) is 11.5 Å². The Bertz CT molecular complexity index is 1310. The van der Waals surface area contributed by atoms with E-state index < -0.39 is 0 Å². The standard InChI is InChI=1S/C28H33N7O2/c36-27(19-5-9-22(10-6-19)35-13-3-4-23(35)18-34-11-1-2-12-34)33-24-14-20(15-30-28(24)37)25-16-29-17-26(32-25)31-21-7-8-21/h5-6,9-10,14-17,21,23H,1-4,7-8,11-13,18H2,(H,30,37)(H,31,32)(H,33,36)/t23-/m0/s1. The molecule has 1 atom stereocenters. The summed E-state index contributed by atoms with van der Waals surface area (Å²) in [6.45, 7) is 4.58. The molecule has 2 saturated heterocycles. The molecule has 1 aliphatic carbocycles. The first-order valence-electron chi connectivity index (χ1n) is 13.3. The van der Waals surface area contributed by atoms with E-state index in [-0.39, 0.29) is 17.2 Å². The Labute approximate surface area is 216 Å². The minimum absolute atomic E-state index is 0.180. The first-order chi connectivity index (χ1) is 18.1. The summed E-state index contributed by atoms with van der Waals surface area (Å²) < 4.78 is 0. The molecule has 1 amide bonds. The van der Waals surface area contributed by atoms with Crippen molar-refractivity contribution in [3.05, 3.63) is 64.8 Å². The average molecular weight is 500 g/mol. The second-order valence-electron chi connectivity index (χ2n) is 10.3. The smallest absolute Gasteiger partial charge is 0.271 e. The van der Waals surface area contributed by atoms with Crippen LogP contribution in [-0.4, -0.2) is 64.0 Å². The van der Waals surface area contributed by atoms with Crippen LogP contribution in [0.1, 0.15) is 48.9 Å². The van der Waals surface area contributed by atoms with Crippen LogP contribution in [0.3, 0.4) is 0 Å². The maximum absolute atomic E-state index is 13.0. The zero-order valence-corrected chi connectivity index (χ0v) is 20.9. The van der Waals surface area contributed by atoms with Gasteiger partial charge in [0.15, 0.2) is 0 Å². The summed E-state index contributed by atoms with van der Waals surface area (Å²) in [6, 6.07) is 10.3. The monoisotopic (exact) mass is 499 g/mol. The second kappa shape index (κ2) is 10.3. The summed E-state index contributed by atoms with van der Waals surface area (Å²) in [6.07, 6.45) is 12.2. The molecule has 192 valence electrons. The number of aromatic amines is 1. The van der Waals surface area contributed by atoms with Gasteiger partial charge in [0, 0.05) is 48.2 Å². The predicted octanol–water partition coefficient (Wildman–Crippen LogP) is 3.72. The van der Waals surface area contributed by atoms with E-state index in [1.165, 1.54) is 38.8 Å². The van der Waals surface area contributed by atoms with Crippen molar-refractivity contribution >= 4 is 23.1 Å². The fraction of sp³-hybridized carbons (Fsp3) is 0.429. The molecule has 1 aromatic carbocycles. The van der Waals surface area contributed by atoms with Crippen LogP contribution < -0.4 is 21.1 Å². The van der Waals surface area contributed by atoms with Gasteiger partial charge in [-0.25, -0.2) is 4.98 Å². The first kappa shape index (κ1) is 23.7. The number of aromatic nitrogens is 3. The van der Waals surface area contributed by atoms with Crippen LogP contribution in [0.15, 0.2) is 53.7 Å². The molecule has 0 spiro atoms. The molecular formula is C28H33N7O2. The number of hydrogen-bond acceptors (Lipinski definition) is 7. The van der Waals surface area contributed by atoms with Crippen molar-refractivity contribution in [2.24, 2.45) is 0 Å². The predicted molar refractivity (Wildman–Crippen MR) is 145 cm³/mol. The van der Waals surface area contributed by atoms with Gasteiger partial charge in [-0.2, -0.15) is 0 Å². The van der Waals surface area contributed by atoms with Crippen molar-refractivity contribution in [2.75, 3.05) is 41.7 Å². The number of nitrogens with one attached hydrogen (secondary N) is 3. The van der Waals surface area contributed by atoms with Gasteiger partial charge in [-0.05, 0) is 81.9 Å². The van der Waals surface area contributed by atoms with Gasteiger partial charge in [0.2, 0.25) is 0 Å². The minimum Gasteiger partial charge on any atom is -0.367 e. The van der Waals surface area contributed by atoms with Gasteiger partial charge in [-0.1, -0.05) is 0 Å². The Hall–Kier alpha value is -3.72. The van der Waals surface area contributed by atoms with E-state index >= 15 is 0 Å². The zero-order valence-electron chi connectivity index (χ0n) is 20.9. The molecule has 0 radical (unpaired) electrons. The molecule has 0 unspecified atom stereocenters. The molecule has 2 aliphatic heterocycles. The van der Waals surface area contributed by atoms with Crippen LogP contribution >= 0.6 is 0 Å². The number of nitrogens with zero attached hydrogens (tertiary/aromatic N) is 4. The lowest BCUT2D eigenvalue weighted by molar-refractivity contribution is 0.102. The number of rotatable bonds is 8. The van der Waals surface area contributed by atoms with Crippen molar-refractivity contribution in [3.8, 4) is 11.3 Å². The molecule has 2 aromatic heterocycles. The van der Waals surface area contributed by atoms with Gasteiger partial charge < -0.3 is 25.4 Å². The van der Waals surface area contributed by atoms with Gasteiger partial charge in [0.05, 0.1) is 18.1 Å². The highest BCUT2D eigenvalue weighted by atomic mass is 16.2. The molecule has 3 N–H and O–H groups in total. The topological polar surface area (TPSA) is 106 Å². The Morgan fingerprint density at radius 1 is 1.03 bits per heavy atom. The maximum atomic E-state index is 13.0. The number of carbonyl (C=O) groups is 1. The minimum atomic E-state index is -0.365. The number of amides is 1. The highest BCUT2D eigenvalue weighted by Gasteiger charge is 2.28. The van der Waals surface area contributed by atoms with Crippen LogP contribution in [0.2, 0.25) is 0 Å². The maximum Gasteiger partial charge on any atom is 0.271 e. The zero-order chi connectivity index (χ0) is 25.2. The Balaban J connectivity index is 1.14. The molecule has 0 bridgehead atoms. The number of pyridine rings is 1. The molecule has 3 aromatic rings. The SMILES string of the molecule is O=C(Nc1cc(-c2cncc(NC3CC3)n2)c[nH]c1=O)c1ccc(N2CCC[C@H]2CN2CCCC2)cc1. The molecule has 3 aliphatic rings. The molecule has 9 nitrogen and oxygen atoms in total. The van der Waals surface area contributed by atoms with E-state index in [4.69, 9.17) is 0 Å². The Morgan fingerprint density at radius 3 is 2.62 bits per heavy atom. The second-order valence-corrected chi connectivity index (χ2v) is 10.3. The van der Waals surface area contributed by atoms with E-state index in [0.717, 1.165) is 31.6 Å². The lowest BCUT2D eigenvalue weighted by Gasteiger charge is -2.30. The van der Waals surface area contributed by atoms with Gasteiger partial charge in [-0.15, -0.1) is 0 Å². The quantitative estimate of drug-likeness (QED) is 0.434. The van der Waals surface area contributed by atoms with Gasteiger partial charge in [-0.3, -0.25) is 14.6 Å². The van der Waals surface area contributed by atoms with Crippen LogP contribution in [0.25, 0.3) is 11.3 Å². The van der Waals surface area contributed by atoms with Crippen LogP contribution in [0, 0.1) is 0 Å². The highest BCUT2D eigenvalue weighted by Crippen LogP contribution is 2.28. The first-order valence-corrected chi connectivity index (χ1v) is 13.3. The van der Waals surface area contributed by atoms with Gasteiger partial charge >= 0.3 is 0 Å². The van der Waals surface area contributed by atoms with E-state index in [1.807, 2.05) is 24.3 Å². The normalized spacial score (nSPS) is 19.8. The third-order valence-electron chi connectivity index (χ3n) is 7.52. The Kier molecular flexibility index (Phi) is 6.61. The third-order valence-corrected chi connectivity index (χ3v) is 7.52. The lowest BCUT2D eigenvalue weighted by atomic mass is 10.1. The number of hydrogen-bond donors (Lipinski definition) is 3. The van der Waals surface area contributed by atoms with E-state index in [0.29, 0.717) is 34.7 Å². The van der Waals surface area contributed by atoms with Crippen molar-refractivity contribution in [1.82, 2.24) is 19.9 Å². The summed E-state index contributed by atoms with van der Waals surface area (Å²) in [5.41, 5.74) is 2.77. The molecule has 4 heterocycles. The summed E-state index contributed by atoms with van der Waals surface area (Å²) in [7, 11) is 0. The number of H-pyrrole nitrogens is 1. The molecule has 1 saturated carbocycles. The number of benzene rings is 1. The molecular weight excluding hydrogens is 466 g/mol. The number of anilines is 3. The van der Waals surface area contributed by atoms with Crippen LogP contribution in [-0.2, 0) is 0 Å². The number of carbonyl (C=O) groups excluding carboxylic acids is 1. The van der Waals surface area contributed by atoms with Crippen LogP contribution in [0.5, 0.6) is 0 Å². The lowest BCUT2D eigenvalue weighted by Crippen LogP contribution is -2.39. The summed E-state index contributed by atoms with van der Waals surface area (Å²) in [5.74, 6) is 0.386. The van der Waals surface area contributed by atoms with Crippen LogP contribution in [0.4, 0.5) is 17.2 Å². The summed E-state index contributed by atoms with van der Waals surface area (Å²) >= 11 is 0. The van der Waals surface area contributed by atoms with Crippen molar-refractivity contribution in [2.45, 2.75) is 50.6 Å². The third kappa shape index (κ3) is 5.51. The summed E-state index contributed by atoms with van der Waals surface area (Å²) in [4.78, 5) is 42.1. The fourth-order valence-corrected chi connectivity index (χ4v) is 5.36. The molecule has 9 heteroatoms. The van der Waals surface area contributed by atoms with E-state index in [9.17, 15) is 9.59 Å². The molecule has 37 heavy (non-hydrogen) atoms. The van der Waals surface area contributed by atoms with Crippen molar-refractivity contribution in [1.29, 1.82) is 0 Å². The largest absolute Gasteiger partial charge is 0.367 e. The highest BCUT2D eigenvalue weighted by molar-refractivity contribution is 6.04. The molecule has 6 rings (SSSR count). The average Bonchev–Trinajstić information content (AvgIpc) is 3.36.